The number of rotatable bonds is 5. The second kappa shape index (κ2) is 6.66. The highest BCUT2D eigenvalue weighted by atomic mass is 19.1. The molecule has 8 heteroatoms. The summed E-state index contributed by atoms with van der Waals surface area (Å²) >= 11 is 0. The monoisotopic (exact) mass is 332 g/mol. The zero-order chi connectivity index (χ0) is 17.9. The van der Waals surface area contributed by atoms with Crippen LogP contribution in [0.2, 0.25) is 0 Å². The van der Waals surface area contributed by atoms with E-state index in [4.69, 9.17) is 5.26 Å². The smallest absolute Gasteiger partial charge is 0.325 e. The van der Waals surface area contributed by atoms with Crippen molar-refractivity contribution < 1.29 is 18.8 Å². The quantitative estimate of drug-likeness (QED) is 0.813. The molecule has 1 aliphatic heterocycles. The van der Waals surface area contributed by atoms with Gasteiger partial charge in [-0.1, -0.05) is 12.1 Å². The van der Waals surface area contributed by atoms with Crippen LogP contribution in [0, 0.1) is 17.1 Å². The Labute approximate surface area is 138 Å². The number of imide groups is 1. The molecule has 1 saturated heterocycles. The van der Waals surface area contributed by atoms with Gasteiger partial charge in [0.2, 0.25) is 5.91 Å². The number of nitrogens with one attached hydrogen (secondary N) is 1. The molecule has 1 atom stereocenters. The van der Waals surface area contributed by atoms with Crippen molar-refractivity contribution in [2.24, 2.45) is 0 Å². The number of hydrogen-bond acceptors (Lipinski definition) is 4. The molecule has 1 fully saturated rings. The van der Waals surface area contributed by atoms with E-state index in [1.807, 2.05) is 6.07 Å². The topological polar surface area (TPSA) is 93.5 Å². The van der Waals surface area contributed by atoms with Gasteiger partial charge in [-0.05, 0) is 24.6 Å². The van der Waals surface area contributed by atoms with Crippen LogP contribution in [0.25, 0.3) is 0 Å². The summed E-state index contributed by atoms with van der Waals surface area (Å²) in [5.74, 6) is -1.48. The number of carbonyl (C=O) groups excluding carboxylic acids is 3. The molecule has 1 unspecified atom stereocenters. The molecular weight excluding hydrogens is 315 g/mol. The standard InChI is InChI=1S/C16H17FN4O3/c1-16(11-4-6-12(17)7-5-11)14(23)21(15(24)19-16)10-13(22)20(2)9-3-8-18/h4-7H,3,9-10H2,1-2H3,(H,19,24). The minimum Gasteiger partial charge on any atom is -0.343 e. The second-order valence-electron chi connectivity index (χ2n) is 5.68. The van der Waals surface area contributed by atoms with Crippen LogP contribution in [0.5, 0.6) is 0 Å². The van der Waals surface area contributed by atoms with E-state index < -0.39 is 35.7 Å². The largest absolute Gasteiger partial charge is 0.343 e. The lowest BCUT2D eigenvalue weighted by Crippen LogP contribution is -2.43. The molecule has 1 heterocycles. The van der Waals surface area contributed by atoms with Gasteiger partial charge in [-0.25, -0.2) is 9.18 Å². The van der Waals surface area contributed by atoms with Crippen LogP contribution in [0.3, 0.4) is 0 Å². The normalized spacial score (nSPS) is 19.8. The Kier molecular flexibility index (Phi) is 4.83. The predicted octanol–water partition coefficient (Wildman–Crippen LogP) is 0.965. The van der Waals surface area contributed by atoms with Crippen molar-refractivity contribution in [3.8, 4) is 6.07 Å². The number of urea groups is 1. The molecule has 1 aliphatic rings. The summed E-state index contributed by atoms with van der Waals surface area (Å²) in [6.45, 7) is 1.31. The lowest BCUT2D eigenvalue weighted by atomic mass is 9.92. The Morgan fingerprint density at radius 1 is 1.38 bits per heavy atom. The minimum atomic E-state index is -1.35. The first-order valence-corrected chi connectivity index (χ1v) is 7.30. The molecule has 2 rings (SSSR count). The maximum atomic E-state index is 13.1. The Morgan fingerprint density at radius 3 is 2.58 bits per heavy atom. The van der Waals surface area contributed by atoms with E-state index >= 15 is 0 Å². The van der Waals surface area contributed by atoms with E-state index in [2.05, 4.69) is 5.32 Å². The van der Waals surface area contributed by atoms with Gasteiger partial charge in [0.1, 0.15) is 17.9 Å². The highest BCUT2D eigenvalue weighted by Gasteiger charge is 2.49. The Bertz CT molecular complexity index is 713. The SMILES string of the molecule is CN(CCC#N)C(=O)CN1C(=O)NC(C)(c2ccc(F)cc2)C1=O. The minimum absolute atomic E-state index is 0.162. The highest BCUT2D eigenvalue weighted by molar-refractivity contribution is 6.09. The molecule has 0 aromatic heterocycles. The van der Waals surface area contributed by atoms with Crippen molar-refractivity contribution in [1.29, 1.82) is 5.26 Å². The van der Waals surface area contributed by atoms with Gasteiger partial charge in [-0.3, -0.25) is 14.5 Å². The number of benzene rings is 1. The van der Waals surface area contributed by atoms with Gasteiger partial charge >= 0.3 is 6.03 Å². The van der Waals surface area contributed by atoms with Crippen molar-refractivity contribution in [1.82, 2.24) is 15.1 Å². The number of amides is 4. The molecule has 24 heavy (non-hydrogen) atoms. The number of nitrogens with zero attached hydrogens (tertiary/aromatic N) is 3. The van der Waals surface area contributed by atoms with Crippen LogP contribution in [0.1, 0.15) is 18.9 Å². The summed E-state index contributed by atoms with van der Waals surface area (Å²) in [4.78, 5) is 38.9. The van der Waals surface area contributed by atoms with E-state index in [-0.39, 0.29) is 13.0 Å². The molecule has 126 valence electrons. The Hall–Kier alpha value is -2.95. The van der Waals surface area contributed by atoms with Crippen molar-refractivity contribution in [3.63, 3.8) is 0 Å². The van der Waals surface area contributed by atoms with Crippen molar-refractivity contribution in [3.05, 3.63) is 35.6 Å². The van der Waals surface area contributed by atoms with E-state index in [1.165, 1.54) is 43.1 Å². The molecular formula is C16H17FN4O3. The first-order valence-electron chi connectivity index (χ1n) is 7.30. The second-order valence-corrected chi connectivity index (χ2v) is 5.68. The maximum absolute atomic E-state index is 13.1. The molecule has 7 nitrogen and oxygen atoms in total. The van der Waals surface area contributed by atoms with Crippen molar-refractivity contribution in [2.75, 3.05) is 20.1 Å². The molecule has 1 aromatic carbocycles. The van der Waals surface area contributed by atoms with Crippen LogP contribution < -0.4 is 5.32 Å². The maximum Gasteiger partial charge on any atom is 0.325 e. The zero-order valence-corrected chi connectivity index (χ0v) is 13.4. The van der Waals surface area contributed by atoms with Gasteiger partial charge in [0, 0.05) is 13.6 Å². The molecule has 4 amide bonds. The molecule has 1 aromatic rings. The van der Waals surface area contributed by atoms with Gasteiger partial charge in [-0.15, -0.1) is 0 Å². The van der Waals surface area contributed by atoms with Crippen LogP contribution >= 0.6 is 0 Å². The average molecular weight is 332 g/mol. The summed E-state index contributed by atoms with van der Waals surface area (Å²) in [5.41, 5.74) is -0.925. The summed E-state index contributed by atoms with van der Waals surface area (Å²) in [6, 6.07) is 6.46. The lowest BCUT2D eigenvalue weighted by Gasteiger charge is -2.23. The number of halogens is 1. The summed E-state index contributed by atoms with van der Waals surface area (Å²) in [6.07, 6.45) is 0.162. The number of carbonyl (C=O) groups is 3. The summed E-state index contributed by atoms with van der Waals surface area (Å²) in [5, 5.41) is 11.1. The molecule has 0 radical (unpaired) electrons. The third-order valence-electron chi connectivity index (χ3n) is 3.97. The predicted molar refractivity (Wildman–Crippen MR) is 81.9 cm³/mol. The Balaban J connectivity index is 2.15. The number of likely N-dealkylation sites (N-methyl/N-ethyl adjacent to an activating group) is 1. The molecule has 0 spiro atoms. The third-order valence-corrected chi connectivity index (χ3v) is 3.97. The third kappa shape index (κ3) is 3.20. The first-order chi connectivity index (χ1) is 11.3. The summed E-state index contributed by atoms with van der Waals surface area (Å²) < 4.78 is 13.1. The molecule has 0 aliphatic carbocycles. The number of nitriles is 1. The van der Waals surface area contributed by atoms with E-state index in [1.54, 1.807) is 0 Å². The van der Waals surface area contributed by atoms with Gasteiger partial charge in [0.05, 0.1) is 12.5 Å². The fourth-order valence-corrected chi connectivity index (χ4v) is 2.42. The fraction of sp³-hybridized carbons (Fsp3) is 0.375. The van der Waals surface area contributed by atoms with Gasteiger partial charge < -0.3 is 10.2 Å². The van der Waals surface area contributed by atoms with E-state index in [0.29, 0.717) is 5.56 Å². The van der Waals surface area contributed by atoms with Gasteiger partial charge in [0.15, 0.2) is 0 Å². The average Bonchev–Trinajstić information content (AvgIpc) is 2.77. The van der Waals surface area contributed by atoms with E-state index in [0.717, 1.165) is 4.90 Å². The van der Waals surface area contributed by atoms with Crippen molar-refractivity contribution in [2.45, 2.75) is 18.9 Å². The molecule has 0 bridgehead atoms. The molecule has 1 N–H and O–H groups in total. The summed E-state index contributed by atoms with van der Waals surface area (Å²) in [7, 11) is 1.50. The highest BCUT2D eigenvalue weighted by Crippen LogP contribution is 2.28. The van der Waals surface area contributed by atoms with Gasteiger partial charge in [0.25, 0.3) is 5.91 Å². The molecule has 0 saturated carbocycles. The fourth-order valence-electron chi connectivity index (χ4n) is 2.42. The zero-order valence-electron chi connectivity index (χ0n) is 13.4. The van der Waals surface area contributed by atoms with E-state index in [9.17, 15) is 18.8 Å². The number of hydrogen-bond donors (Lipinski definition) is 1. The Morgan fingerprint density at radius 2 is 2.00 bits per heavy atom. The lowest BCUT2D eigenvalue weighted by molar-refractivity contribution is -0.138. The van der Waals surface area contributed by atoms with Crippen LogP contribution in [0.4, 0.5) is 9.18 Å². The van der Waals surface area contributed by atoms with Crippen LogP contribution in [-0.2, 0) is 15.1 Å². The van der Waals surface area contributed by atoms with Crippen LogP contribution in [0.15, 0.2) is 24.3 Å². The van der Waals surface area contributed by atoms with Gasteiger partial charge in [-0.2, -0.15) is 5.26 Å². The van der Waals surface area contributed by atoms with Crippen LogP contribution in [-0.4, -0.2) is 47.8 Å². The first kappa shape index (κ1) is 17.4. The van der Waals surface area contributed by atoms with Crippen molar-refractivity contribution >= 4 is 17.8 Å².